The first-order valence-corrected chi connectivity index (χ1v) is 5.78. The van der Waals surface area contributed by atoms with Crippen LogP contribution in [-0.2, 0) is 9.59 Å². The van der Waals surface area contributed by atoms with Crippen LogP contribution in [0.1, 0.15) is 39.0 Å². The van der Waals surface area contributed by atoms with Crippen molar-refractivity contribution in [2.75, 3.05) is 0 Å². The maximum absolute atomic E-state index is 11.5. The maximum atomic E-state index is 11.5. The molecule has 0 aromatic heterocycles. The second-order valence-electron chi connectivity index (χ2n) is 4.58. The third-order valence-electron chi connectivity index (χ3n) is 2.94. The molecule has 0 bridgehead atoms. The smallest absolute Gasteiger partial charge is 0.308 e. The van der Waals surface area contributed by atoms with Crippen LogP contribution in [0.15, 0.2) is 0 Å². The Labute approximate surface area is 95.4 Å². The lowest BCUT2D eigenvalue weighted by molar-refractivity contribution is -0.144. The highest BCUT2D eigenvalue weighted by molar-refractivity contribution is 5.78. The van der Waals surface area contributed by atoms with E-state index in [9.17, 15) is 9.59 Å². The number of carboxylic acid groups (broad SMARTS) is 1. The molecule has 0 aromatic carbocycles. The van der Waals surface area contributed by atoms with Gasteiger partial charge in [0.1, 0.15) is 0 Å². The zero-order valence-electron chi connectivity index (χ0n) is 9.61. The second kappa shape index (κ2) is 5.84. The van der Waals surface area contributed by atoms with E-state index in [1.807, 2.05) is 0 Å². The molecule has 0 heterocycles. The average Bonchev–Trinajstić information content (AvgIpc) is 2.16. The first-order chi connectivity index (χ1) is 7.50. The van der Waals surface area contributed by atoms with Gasteiger partial charge in [0.25, 0.3) is 0 Å². The number of amides is 1. The molecule has 4 N–H and O–H groups in total. The van der Waals surface area contributed by atoms with Crippen molar-refractivity contribution < 1.29 is 14.7 Å². The molecule has 0 aromatic rings. The monoisotopic (exact) mass is 228 g/mol. The Hall–Kier alpha value is -1.10. The molecule has 5 nitrogen and oxygen atoms in total. The van der Waals surface area contributed by atoms with E-state index in [0.717, 1.165) is 19.3 Å². The minimum absolute atomic E-state index is 0.145. The fourth-order valence-electron chi connectivity index (χ4n) is 2.16. The van der Waals surface area contributed by atoms with Crippen molar-refractivity contribution in [2.45, 2.75) is 51.1 Å². The highest BCUT2D eigenvalue weighted by atomic mass is 16.4. The predicted molar refractivity (Wildman–Crippen MR) is 59.8 cm³/mol. The van der Waals surface area contributed by atoms with Crippen molar-refractivity contribution in [3.8, 4) is 0 Å². The fraction of sp³-hybridized carbons (Fsp3) is 0.818. The normalized spacial score (nSPS) is 27.1. The molecular weight excluding hydrogens is 208 g/mol. The van der Waals surface area contributed by atoms with Crippen molar-refractivity contribution in [2.24, 2.45) is 11.7 Å². The summed E-state index contributed by atoms with van der Waals surface area (Å²) in [5.41, 5.74) is 5.52. The molecule has 1 amide bonds. The summed E-state index contributed by atoms with van der Waals surface area (Å²) in [6, 6.07) is -0.413. The van der Waals surface area contributed by atoms with Gasteiger partial charge in [0.15, 0.2) is 0 Å². The molecule has 3 atom stereocenters. The summed E-state index contributed by atoms with van der Waals surface area (Å²) in [6.45, 7) is 1.76. The number of rotatable bonds is 4. The zero-order chi connectivity index (χ0) is 12.1. The number of hydrogen-bond acceptors (Lipinski definition) is 3. The Morgan fingerprint density at radius 1 is 1.44 bits per heavy atom. The third kappa shape index (κ3) is 3.81. The molecule has 5 heteroatoms. The molecule has 0 aliphatic heterocycles. The standard InChI is InChI=1S/C11H20N2O3/c1-7(12)6-10(14)13-9-5-3-2-4-8(9)11(15)16/h7-9H,2-6,12H2,1H3,(H,13,14)(H,15,16). The maximum Gasteiger partial charge on any atom is 0.308 e. The topological polar surface area (TPSA) is 92.4 Å². The molecular formula is C11H20N2O3. The number of hydrogen-bond donors (Lipinski definition) is 3. The summed E-state index contributed by atoms with van der Waals surface area (Å²) in [6.07, 6.45) is 3.56. The first-order valence-electron chi connectivity index (χ1n) is 5.78. The minimum atomic E-state index is -0.814. The number of aliphatic carboxylic acids is 1. The molecule has 1 rings (SSSR count). The van der Waals surface area contributed by atoms with E-state index in [1.165, 1.54) is 0 Å². The van der Waals surface area contributed by atoms with Gasteiger partial charge in [-0.2, -0.15) is 0 Å². The van der Waals surface area contributed by atoms with Crippen LogP contribution in [0.2, 0.25) is 0 Å². The van der Waals surface area contributed by atoms with E-state index in [1.54, 1.807) is 6.92 Å². The van der Waals surface area contributed by atoms with Crippen molar-refractivity contribution in [1.82, 2.24) is 5.32 Å². The van der Waals surface area contributed by atoms with Gasteiger partial charge in [-0.3, -0.25) is 9.59 Å². The zero-order valence-corrected chi connectivity index (χ0v) is 9.61. The second-order valence-corrected chi connectivity index (χ2v) is 4.58. The van der Waals surface area contributed by atoms with E-state index in [4.69, 9.17) is 10.8 Å². The first kappa shape index (κ1) is 13.0. The Balaban J connectivity index is 2.49. The molecule has 1 saturated carbocycles. The Kier molecular flexibility index (Phi) is 4.73. The van der Waals surface area contributed by atoms with Crippen LogP contribution in [0, 0.1) is 5.92 Å². The molecule has 0 spiro atoms. The van der Waals surface area contributed by atoms with Crippen LogP contribution in [0.4, 0.5) is 0 Å². The van der Waals surface area contributed by atoms with Crippen molar-refractivity contribution in [3.05, 3.63) is 0 Å². The van der Waals surface area contributed by atoms with Gasteiger partial charge in [-0.05, 0) is 19.8 Å². The lowest BCUT2D eigenvalue weighted by Crippen LogP contribution is -2.46. The molecule has 16 heavy (non-hydrogen) atoms. The largest absolute Gasteiger partial charge is 0.481 e. The van der Waals surface area contributed by atoms with Crippen molar-refractivity contribution >= 4 is 11.9 Å². The molecule has 3 unspecified atom stereocenters. The van der Waals surface area contributed by atoms with Gasteiger partial charge in [0.05, 0.1) is 5.92 Å². The molecule has 1 aliphatic rings. The van der Waals surface area contributed by atoms with Crippen LogP contribution < -0.4 is 11.1 Å². The van der Waals surface area contributed by atoms with Crippen LogP contribution in [-0.4, -0.2) is 29.1 Å². The summed E-state index contributed by atoms with van der Waals surface area (Å²) in [7, 11) is 0. The third-order valence-corrected chi connectivity index (χ3v) is 2.94. The SMILES string of the molecule is CC(N)CC(=O)NC1CCCCC1C(=O)O. The van der Waals surface area contributed by atoms with Crippen molar-refractivity contribution in [3.63, 3.8) is 0 Å². The van der Waals surface area contributed by atoms with E-state index >= 15 is 0 Å². The number of carboxylic acids is 1. The molecule has 1 aliphatic carbocycles. The van der Waals surface area contributed by atoms with Crippen LogP contribution in [0.3, 0.4) is 0 Å². The Morgan fingerprint density at radius 3 is 2.62 bits per heavy atom. The summed E-state index contributed by atoms with van der Waals surface area (Å²) in [5, 5.41) is 11.8. The highest BCUT2D eigenvalue weighted by Gasteiger charge is 2.31. The van der Waals surface area contributed by atoms with E-state index < -0.39 is 11.9 Å². The van der Waals surface area contributed by atoms with Gasteiger partial charge in [-0.1, -0.05) is 12.8 Å². The lowest BCUT2D eigenvalue weighted by Gasteiger charge is -2.29. The van der Waals surface area contributed by atoms with Gasteiger partial charge in [-0.15, -0.1) is 0 Å². The Bertz CT molecular complexity index is 266. The minimum Gasteiger partial charge on any atom is -0.481 e. The van der Waals surface area contributed by atoms with Crippen LogP contribution in [0.5, 0.6) is 0 Å². The van der Waals surface area contributed by atoms with Gasteiger partial charge in [0.2, 0.25) is 5.91 Å². The summed E-state index contributed by atoms with van der Waals surface area (Å²) in [5.74, 6) is -1.40. The van der Waals surface area contributed by atoms with Crippen LogP contribution in [0.25, 0.3) is 0 Å². The highest BCUT2D eigenvalue weighted by Crippen LogP contribution is 2.24. The van der Waals surface area contributed by atoms with Gasteiger partial charge in [-0.25, -0.2) is 0 Å². The Morgan fingerprint density at radius 2 is 2.06 bits per heavy atom. The van der Waals surface area contributed by atoms with E-state index in [0.29, 0.717) is 6.42 Å². The number of carbonyl (C=O) groups excluding carboxylic acids is 1. The number of nitrogens with two attached hydrogens (primary N) is 1. The molecule has 0 radical (unpaired) electrons. The predicted octanol–water partition coefficient (Wildman–Crippen LogP) is 0.483. The van der Waals surface area contributed by atoms with E-state index in [2.05, 4.69) is 5.32 Å². The van der Waals surface area contributed by atoms with Crippen molar-refractivity contribution in [1.29, 1.82) is 0 Å². The quantitative estimate of drug-likeness (QED) is 0.652. The lowest BCUT2D eigenvalue weighted by atomic mass is 9.84. The average molecular weight is 228 g/mol. The molecule has 0 saturated heterocycles. The van der Waals surface area contributed by atoms with Gasteiger partial charge >= 0.3 is 5.97 Å². The summed E-state index contributed by atoms with van der Waals surface area (Å²) >= 11 is 0. The van der Waals surface area contributed by atoms with E-state index in [-0.39, 0.29) is 24.4 Å². The van der Waals surface area contributed by atoms with Gasteiger partial charge < -0.3 is 16.2 Å². The fourth-order valence-corrected chi connectivity index (χ4v) is 2.16. The summed E-state index contributed by atoms with van der Waals surface area (Å²) < 4.78 is 0. The molecule has 1 fully saturated rings. The molecule has 92 valence electrons. The van der Waals surface area contributed by atoms with Gasteiger partial charge in [0, 0.05) is 18.5 Å². The van der Waals surface area contributed by atoms with Crippen LogP contribution >= 0.6 is 0 Å². The number of carbonyl (C=O) groups is 2. The summed E-state index contributed by atoms with van der Waals surface area (Å²) in [4.78, 5) is 22.5. The number of nitrogens with one attached hydrogen (secondary N) is 1.